The second kappa shape index (κ2) is 7.44. The first-order chi connectivity index (χ1) is 9.45. The molecule has 0 radical (unpaired) electrons. The molecule has 0 aliphatic rings. The van der Waals surface area contributed by atoms with Gasteiger partial charge in [0.2, 0.25) is 0 Å². The zero-order valence-electron chi connectivity index (χ0n) is 12.9. The van der Waals surface area contributed by atoms with Crippen LogP contribution in [0, 0.1) is 6.92 Å². The summed E-state index contributed by atoms with van der Waals surface area (Å²) in [5.74, 6) is 0. The van der Waals surface area contributed by atoms with Crippen molar-refractivity contribution in [3.8, 4) is 0 Å². The minimum Gasteiger partial charge on any atom is -0.261 e. The molecular formula is C19H23N. The molecule has 104 valence electrons. The molecule has 0 saturated carbocycles. The predicted molar refractivity (Wildman–Crippen MR) is 91.0 cm³/mol. The van der Waals surface area contributed by atoms with Crippen molar-refractivity contribution in [2.75, 3.05) is 0 Å². The van der Waals surface area contributed by atoms with E-state index in [9.17, 15) is 0 Å². The van der Waals surface area contributed by atoms with Crippen LogP contribution in [0.15, 0.2) is 71.3 Å². The number of hydrogen-bond acceptors (Lipinski definition) is 1. The van der Waals surface area contributed by atoms with E-state index in [1.54, 1.807) is 0 Å². The summed E-state index contributed by atoms with van der Waals surface area (Å²) < 4.78 is 0. The Morgan fingerprint density at radius 2 is 1.65 bits per heavy atom. The Labute approximate surface area is 122 Å². The minimum atomic E-state index is 0.953. The highest BCUT2D eigenvalue weighted by molar-refractivity contribution is 5.77. The molecule has 1 aromatic rings. The summed E-state index contributed by atoms with van der Waals surface area (Å²) in [6, 6.07) is 8.38. The number of aliphatic imine (C=N–C) groups is 1. The van der Waals surface area contributed by atoms with Gasteiger partial charge in [-0.15, -0.1) is 0 Å². The summed E-state index contributed by atoms with van der Waals surface area (Å²) in [7, 11) is 0. The van der Waals surface area contributed by atoms with Crippen molar-refractivity contribution in [2.45, 2.75) is 27.7 Å². The van der Waals surface area contributed by atoms with E-state index in [1.807, 2.05) is 39.1 Å². The molecule has 1 aromatic carbocycles. The Morgan fingerprint density at radius 3 is 2.15 bits per heavy atom. The van der Waals surface area contributed by atoms with E-state index in [-0.39, 0.29) is 0 Å². The molecule has 0 aliphatic carbocycles. The van der Waals surface area contributed by atoms with E-state index in [1.165, 1.54) is 5.56 Å². The molecule has 1 rings (SSSR count). The number of aryl methyl sites for hydroxylation is 1. The van der Waals surface area contributed by atoms with Crippen LogP contribution in [0.5, 0.6) is 0 Å². The lowest BCUT2D eigenvalue weighted by molar-refractivity contribution is 1.36. The smallest absolute Gasteiger partial charge is 0.0732 e. The fourth-order valence-electron chi connectivity index (χ4n) is 1.75. The zero-order chi connectivity index (χ0) is 15.1. The van der Waals surface area contributed by atoms with Crippen LogP contribution in [-0.2, 0) is 0 Å². The number of nitrogens with zero attached hydrogens (tertiary/aromatic N) is 1. The molecule has 0 unspecified atom stereocenters. The van der Waals surface area contributed by atoms with Crippen molar-refractivity contribution in [1.82, 2.24) is 0 Å². The van der Waals surface area contributed by atoms with Gasteiger partial charge in [0.05, 0.1) is 5.70 Å². The minimum absolute atomic E-state index is 0.953. The van der Waals surface area contributed by atoms with E-state index < -0.39 is 0 Å². The fraction of sp³-hybridized carbons (Fsp3) is 0.211. The molecule has 0 bridgehead atoms. The van der Waals surface area contributed by atoms with Crippen LogP contribution in [0.25, 0.3) is 5.70 Å². The first kappa shape index (κ1) is 15.9. The Hall–Kier alpha value is -2.15. The third-order valence-corrected chi connectivity index (χ3v) is 2.99. The number of hydrogen-bond donors (Lipinski definition) is 0. The van der Waals surface area contributed by atoms with Crippen molar-refractivity contribution in [3.63, 3.8) is 0 Å². The lowest BCUT2D eigenvalue weighted by Gasteiger charge is -2.09. The van der Waals surface area contributed by atoms with E-state index in [0.717, 1.165) is 28.0 Å². The number of rotatable bonds is 5. The maximum absolute atomic E-state index is 4.51. The quantitative estimate of drug-likeness (QED) is 0.492. The SMILES string of the molecule is C=C(C)/C=C\C(=C)/C(C)=C(/N=CC)c1ccc(C)cc1. The molecule has 0 N–H and O–H groups in total. The van der Waals surface area contributed by atoms with Gasteiger partial charge in [0.25, 0.3) is 0 Å². The molecule has 0 spiro atoms. The van der Waals surface area contributed by atoms with Crippen molar-refractivity contribution >= 4 is 11.9 Å². The van der Waals surface area contributed by atoms with E-state index in [4.69, 9.17) is 0 Å². The highest BCUT2D eigenvalue weighted by atomic mass is 14.7. The second-order valence-corrected chi connectivity index (χ2v) is 4.93. The lowest BCUT2D eigenvalue weighted by Crippen LogP contribution is -1.90. The van der Waals surface area contributed by atoms with Gasteiger partial charge >= 0.3 is 0 Å². The number of allylic oxidation sites excluding steroid dienone is 5. The molecule has 20 heavy (non-hydrogen) atoms. The third-order valence-electron chi connectivity index (χ3n) is 2.99. The average molecular weight is 265 g/mol. The summed E-state index contributed by atoms with van der Waals surface area (Å²) in [6.07, 6.45) is 5.76. The Kier molecular flexibility index (Phi) is 5.92. The molecule has 0 heterocycles. The Morgan fingerprint density at radius 1 is 1.05 bits per heavy atom. The summed E-state index contributed by atoms with van der Waals surface area (Å²) in [5.41, 5.74) is 6.35. The standard InChI is InChI=1S/C19H23N/c1-7-20-19(18-12-9-15(4)10-13-18)17(6)16(5)11-8-14(2)3/h7-13H,2,5H2,1,3-4,6H3/b11-8-,19-17+,20-7?. The third kappa shape index (κ3) is 4.51. The molecular weight excluding hydrogens is 242 g/mol. The van der Waals surface area contributed by atoms with Crippen LogP contribution in [0.1, 0.15) is 31.9 Å². The van der Waals surface area contributed by atoms with Gasteiger partial charge in [0, 0.05) is 11.8 Å². The van der Waals surface area contributed by atoms with Gasteiger partial charge in [0.15, 0.2) is 0 Å². The van der Waals surface area contributed by atoms with E-state index >= 15 is 0 Å². The summed E-state index contributed by atoms with van der Waals surface area (Å²) in [4.78, 5) is 4.51. The van der Waals surface area contributed by atoms with Crippen molar-refractivity contribution in [3.05, 3.63) is 77.4 Å². The highest BCUT2D eigenvalue weighted by Crippen LogP contribution is 2.25. The average Bonchev–Trinajstić information content (AvgIpc) is 2.42. The van der Waals surface area contributed by atoms with Gasteiger partial charge < -0.3 is 0 Å². The van der Waals surface area contributed by atoms with Crippen LogP contribution in [0.3, 0.4) is 0 Å². The van der Waals surface area contributed by atoms with Crippen LogP contribution >= 0.6 is 0 Å². The molecule has 0 aliphatic heterocycles. The maximum atomic E-state index is 4.51. The van der Waals surface area contributed by atoms with Crippen LogP contribution < -0.4 is 0 Å². The predicted octanol–water partition coefficient (Wildman–Crippen LogP) is 5.51. The van der Waals surface area contributed by atoms with Gasteiger partial charge in [-0.2, -0.15) is 0 Å². The molecule has 0 fully saturated rings. The van der Waals surface area contributed by atoms with Crippen molar-refractivity contribution < 1.29 is 0 Å². The normalized spacial score (nSPS) is 12.8. The summed E-state index contributed by atoms with van der Waals surface area (Å²) in [5, 5.41) is 0. The molecule has 0 aromatic heterocycles. The largest absolute Gasteiger partial charge is 0.261 e. The lowest BCUT2D eigenvalue weighted by atomic mass is 10.0. The van der Waals surface area contributed by atoms with Gasteiger partial charge in [0.1, 0.15) is 0 Å². The van der Waals surface area contributed by atoms with Crippen LogP contribution in [0.4, 0.5) is 0 Å². The maximum Gasteiger partial charge on any atom is 0.0732 e. The molecule has 0 atom stereocenters. The molecule has 1 nitrogen and oxygen atoms in total. The Bertz CT molecular complexity index is 581. The van der Waals surface area contributed by atoms with Gasteiger partial charge in [-0.25, -0.2) is 0 Å². The number of benzene rings is 1. The zero-order valence-corrected chi connectivity index (χ0v) is 12.9. The molecule has 1 heteroatoms. The first-order valence-electron chi connectivity index (χ1n) is 6.75. The van der Waals surface area contributed by atoms with E-state index in [2.05, 4.69) is 49.3 Å². The first-order valence-corrected chi connectivity index (χ1v) is 6.75. The fourth-order valence-corrected chi connectivity index (χ4v) is 1.75. The molecule has 0 saturated heterocycles. The topological polar surface area (TPSA) is 12.4 Å². The monoisotopic (exact) mass is 265 g/mol. The van der Waals surface area contributed by atoms with Crippen molar-refractivity contribution in [2.24, 2.45) is 4.99 Å². The van der Waals surface area contributed by atoms with Crippen molar-refractivity contribution in [1.29, 1.82) is 0 Å². The van der Waals surface area contributed by atoms with Gasteiger partial charge in [-0.3, -0.25) is 4.99 Å². The second-order valence-electron chi connectivity index (χ2n) is 4.93. The molecule has 0 amide bonds. The van der Waals surface area contributed by atoms with Crippen LogP contribution in [-0.4, -0.2) is 6.21 Å². The van der Waals surface area contributed by atoms with Crippen LogP contribution in [0.2, 0.25) is 0 Å². The van der Waals surface area contributed by atoms with E-state index in [0.29, 0.717) is 0 Å². The summed E-state index contributed by atoms with van der Waals surface area (Å²) in [6.45, 7) is 16.0. The van der Waals surface area contributed by atoms with Gasteiger partial charge in [-0.05, 0) is 38.8 Å². The Balaban J connectivity index is 3.23. The highest BCUT2D eigenvalue weighted by Gasteiger charge is 2.05. The summed E-state index contributed by atoms with van der Waals surface area (Å²) >= 11 is 0. The van der Waals surface area contributed by atoms with Gasteiger partial charge in [-0.1, -0.05) is 60.7 Å².